The molecule has 2 heterocycles. The van der Waals surface area contributed by atoms with Crippen molar-refractivity contribution in [3.05, 3.63) is 23.0 Å². The number of ether oxygens (including phenoxy) is 1. The lowest BCUT2D eigenvalue weighted by Crippen LogP contribution is -2.33. The maximum Gasteiger partial charge on any atom is 0.415 e. The van der Waals surface area contributed by atoms with Crippen LogP contribution in [0.4, 0.5) is 18.9 Å². The fraction of sp³-hybridized carbons (Fsp3) is 0.611. The number of halogens is 4. The van der Waals surface area contributed by atoms with Crippen LogP contribution in [0.5, 0.6) is 0 Å². The van der Waals surface area contributed by atoms with E-state index in [1.807, 2.05) is 0 Å². The van der Waals surface area contributed by atoms with Crippen LogP contribution in [-0.4, -0.2) is 41.1 Å². The number of hydrogen-bond donors (Lipinski definition) is 2. The summed E-state index contributed by atoms with van der Waals surface area (Å²) in [6.07, 6.45) is -1.77. The first-order valence-electron chi connectivity index (χ1n) is 8.63. The summed E-state index contributed by atoms with van der Waals surface area (Å²) < 4.78 is 43.7. The SMILES string of the molecule is OC1CCC(Nc2cc(Cl)ncc2C#C[C@H]2CCO[C@H]2C(F)(F)F)CC1. The average Bonchev–Trinajstić information content (AvgIpc) is 3.05. The largest absolute Gasteiger partial charge is 0.415 e. The Bertz CT molecular complexity index is 694. The smallest absolute Gasteiger partial charge is 0.393 e. The second kappa shape index (κ2) is 8.03. The van der Waals surface area contributed by atoms with Crippen molar-refractivity contribution in [3.63, 3.8) is 0 Å². The van der Waals surface area contributed by atoms with Crippen LogP contribution in [0.1, 0.15) is 37.7 Å². The van der Waals surface area contributed by atoms with Crippen LogP contribution in [0, 0.1) is 17.8 Å². The Morgan fingerprint density at radius 3 is 2.65 bits per heavy atom. The first kappa shape index (κ1) is 19.3. The van der Waals surface area contributed by atoms with Crippen LogP contribution >= 0.6 is 11.6 Å². The summed E-state index contributed by atoms with van der Waals surface area (Å²) in [4.78, 5) is 3.99. The quantitative estimate of drug-likeness (QED) is 0.598. The minimum atomic E-state index is -4.42. The summed E-state index contributed by atoms with van der Waals surface area (Å²) in [5, 5.41) is 13.2. The number of alkyl halides is 3. The fourth-order valence-electron chi connectivity index (χ4n) is 3.32. The van der Waals surface area contributed by atoms with Gasteiger partial charge in [-0.15, -0.1) is 0 Å². The Kier molecular flexibility index (Phi) is 5.96. The Morgan fingerprint density at radius 2 is 1.96 bits per heavy atom. The van der Waals surface area contributed by atoms with Gasteiger partial charge in [0.2, 0.25) is 0 Å². The lowest BCUT2D eigenvalue weighted by atomic mass is 9.93. The average molecular weight is 389 g/mol. The van der Waals surface area contributed by atoms with E-state index >= 15 is 0 Å². The maximum atomic E-state index is 13.0. The van der Waals surface area contributed by atoms with Crippen molar-refractivity contribution in [3.8, 4) is 11.8 Å². The second-order valence-corrected chi connectivity index (χ2v) is 7.09. The molecule has 0 amide bonds. The molecule has 1 saturated heterocycles. The second-order valence-electron chi connectivity index (χ2n) is 6.70. The Hall–Kier alpha value is -1.49. The summed E-state index contributed by atoms with van der Waals surface area (Å²) in [6.45, 7) is 0.0535. The van der Waals surface area contributed by atoms with Crippen molar-refractivity contribution in [2.45, 2.75) is 56.5 Å². The Morgan fingerprint density at radius 1 is 1.23 bits per heavy atom. The van der Waals surface area contributed by atoms with Crippen molar-refractivity contribution in [1.29, 1.82) is 0 Å². The number of hydrogen-bond acceptors (Lipinski definition) is 4. The van der Waals surface area contributed by atoms with Gasteiger partial charge in [0.15, 0.2) is 6.10 Å². The first-order valence-corrected chi connectivity index (χ1v) is 9.00. The standard InChI is InChI=1S/C18H20ClF3N2O2/c19-16-9-15(24-13-3-5-14(25)6-4-13)12(10-23-16)2-1-11-7-8-26-17(11)18(20,21)22/h9-11,13-14,17,25H,3-8H2,(H,23,24)/t11-,13?,14?,17+/m0/s1. The van der Waals surface area contributed by atoms with E-state index in [4.69, 9.17) is 16.3 Å². The van der Waals surface area contributed by atoms with E-state index in [1.54, 1.807) is 6.07 Å². The van der Waals surface area contributed by atoms with Crippen LogP contribution < -0.4 is 5.32 Å². The highest BCUT2D eigenvalue weighted by atomic mass is 35.5. The highest BCUT2D eigenvalue weighted by molar-refractivity contribution is 6.29. The molecule has 1 aromatic rings. The molecule has 0 spiro atoms. The van der Waals surface area contributed by atoms with Crippen molar-refractivity contribution in [2.75, 3.05) is 11.9 Å². The molecule has 1 aliphatic heterocycles. The number of aromatic nitrogens is 1. The van der Waals surface area contributed by atoms with Crippen molar-refractivity contribution >= 4 is 17.3 Å². The number of nitrogens with zero attached hydrogens (tertiary/aromatic N) is 1. The maximum absolute atomic E-state index is 13.0. The third-order valence-corrected chi connectivity index (χ3v) is 4.94. The van der Waals surface area contributed by atoms with Gasteiger partial charge >= 0.3 is 6.18 Å². The minimum Gasteiger partial charge on any atom is -0.393 e. The molecule has 8 heteroatoms. The molecule has 0 aromatic carbocycles. The molecule has 3 rings (SSSR count). The molecule has 142 valence electrons. The van der Waals surface area contributed by atoms with Gasteiger partial charge < -0.3 is 15.2 Å². The van der Waals surface area contributed by atoms with Crippen LogP contribution in [0.3, 0.4) is 0 Å². The molecule has 0 bridgehead atoms. The molecule has 4 nitrogen and oxygen atoms in total. The molecule has 2 N–H and O–H groups in total. The third kappa shape index (κ3) is 4.81. The zero-order valence-corrected chi connectivity index (χ0v) is 14.8. The van der Waals surface area contributed by atoms with E-state index in [9.17, 15) is 18.3 Å². The molecule has 2 fully saturated rings. The van der Waals surface area contributed by atoms with Crippen molar-refractivity contribution < 1.29 is 23.0 Å². The number of nitrogens with one attached hydrogen (secondary N) is 1. The summed E-state index contributed by atoms with van der Waals surface area (Å²) in [6, 6.07) is 1.79. The monoisotopic (exact) mass is 388 g/mol. The number of rotatable bonds is 2. The lowest BCUT2D eigenvalue weighted by molar-refractivity contribution is -0.212. The van der Waals surface area contributed by atoms with Crippen LogP contribution in [0.25, 0.3) is 0 Å². The van der Waals surface area contributed by atoms with E-state index in [0.717, 1.165) is 12.8 Å². The van der Waals surface area contributed by atoms with Gasteiger partial charge in [-0.1, -0.05) is 23.4 Å². The molecule has 2 atom stereocenters. The molecule has 1 aromatic heterocycles. The van der Waals surface area contributed by atoms with E-state index in [0.29, 0.717) is 24.1 Å². The van der Waals surface area contributed by atoms with Gasteiger partial charge in [0.25, 0.3) is 0 Å². The normalized spacial score (nSPS) is 29.1. The van der Waals surface area contributed by atoms with Gasteiger partial charge in [0.05, 0.1) is 23.3 Å². The third-order valence-electron chi connectivity index (χ3n) is 4.73. The van der Waals surface area contributed by atoms with E-state index in [2.05, 4.69) is 22.1 Å². The Balaban J connectivity index is 1.76. The van der Waals surface area contributed by atoms with Gasteiger partial charge in [-0.05, 0) is 38.2 Å². The van der Waals surface area contributed by atoms with Crippen LogP contribution in [0.15, 0.2) is 12.3 Å². The van der Waals surface area contributed by atoms with Gasteiger partial charge in [-0.3, -0.25) is 0 Å². The molecule has 2 aliphatic rings. The number of aliphatic hydroxyl groups is 1. The molecular weight excluding hydrogens is 369 g/mol. The predicted octanol–water partition coefficient (Wildman–Crippen LogP) is 3.77. The van der Waals surface area contributed by atoms with E-state index < -0.39 is 18.2 Å². The summed E-state index contributed by atoms with van der Waals surface area (Å²) in [5.74, 6) is 4.63. The summed E-state index contributed by atoms with van der Waals surface area (Å²) >= 11 is 5.96. The van der Waals surface area contributed by atoms with Gasteiger partial charge in [-0.25, -0.2) is 4.98 Å². The topological polar surface area (TPSA) is 54.4 Å². The number of pyridine rings is 1. The predicted molar refractivity (Wildman–Crippen MR) is 91.9 cm³/mol. The molecule has 0 radical (unpaired) electrons. The zero-order chi connectivity index (χ0) is 18.7. The molecule has 1 saturated carbocycles. The molecule has 1 aliphatic carbocycles. The summed E-state index contributed by atoms with van der Waals surface area (Å²) in [7, 11) is 0. The fourth-order valence-corrected chi connectivity index (χ4v) is 3.48. The van der Waals surface area contributed by atoms with Gasteiger partial charge in [0, 0.05) is 18.8 Å². The Labute approximate surface area is 155 Å². The lowest BCUT2D eigenvalue weighted by Gasteiger charge is -2.27. The summed E-state index contributed by atoms with van der Waals surface area (Å²) in [5.41, 5.74) is 1.16. The van der Waals surface area contributed by atoms with Gasteiger partial charge in [0.1, 0.15) is 5.15 Å². The molecule has 0 unspecified atom stereocenters. The van der Waals surface area contributed by atoms with E-state index in [-0.39, 0.29) is 30.3 Å². The van der Waals surface area contributed by atoms with Crippen molar-refractivity contribution in [1.82, 2.24) is 4.98 Å². The van der Waals surface area contributed by atoms with E-state index in [1.165, 1.54) is 6.20 Å². The number of anilines is 1. The van der Waals surface area contributed by atoms with Gasteiger partial charge in [-0.2, -0.15) is 13.2 Å². The highest BCUT2D eigenvalue weighted by Gasteiger charge is 2.48. The number of aliphatic hydroxyl groups excluding tert-OH is 1. The van der Waals surface area contributed by atoms with Crippen molar-refractivity contribution in [2.24, 2.45) is 5.92 Å². The molecule has 26 heavy (non-hydrogen) atoms. The zero-order valence-electron chi connectivity index (χ0n) is 14.0. The van der Waals surface area contributed by atoms with Crippen LogP contribution in [0.2, 0.25) is 5.15 Å². The first-order chi connectivity index (χ1) is 12.3. The minimum absolute atomic E-state index is 0.0535. The highest BCUT2D eigenvalue weighted by Crippen LogP contribution is 2.34. The molecular formula is C18H20ClF3N2O2. The van der Waals surface area contributed by atoms with Crippen LogP contribution in [-0.2, 0) is 4.74 Å².